The second kappa shape index (κ2) is 11.5. The van der Waals surface area contributed by atoms with Crippen LogP contribution in [0.5, 0.6) is 0 Å². The molecule has 0 radical (unpaired) electrons. The number of tetrazole rings is 1. The summed E-state index contributed by atoms with van der Waals surface area (Å²) in [5, 5.41) is 11.5. The molecular formula is C25H24F9N7O2. The first-order valence-electron chi connectivity index (χ1n) is 12.8. The molecule has 0 spiro atoms. The third-order valence-corrected chi connectivity index (χ3v) is 6.70. The number of aryl methyl sites for hydroxylation is 1. The molecule has 0 N–H and O–H groups in total. The topological polar surface area (TPSA) is 89.3 Å². The van der Waals surface area contributed by atoms with E-state index in [0.29, 0.717) is 18.2 Å². The van der Waals surface area contributed by atoms with Crippen molar-refractivity contribution in [3.8, 4) is 0 Å². The average molecular weight is 625 g/mol. The second-order valence-corrected chi connectivity index (χ2v) is 9.60. The van der Waals surface area contributed by atoms with Gasteiger partial charge in [-0.2, -0.15) is 44.3 Å². The first-order valence-corrected chi connectivity index (χ1v) is 12.8. The quantitative estimate of drug-likeness (QED) is 0.287. The molecule has 234 valence electrons. The highest BCUT2D eigenvalue weighted by atomic mass is 19.4. The standard InChI is InChI=1S/C25H24F9N7O2/c1-4-16-11-18(20-17(41(16)22(42)43-5-2)6-7-19(35-20)25(32,33)34)40(21-36-38-39(3)37-21)12-13-8-14(23(26,27)28)10-15(9-13)24(29,30)31/h6-10,16,18H,4-5,11-12H2,1-3H3/t16-,18+/m0/s1. The van der Waals surface area contributed by atoms with Gasteiger partial charge >= 0.3 is 24.6 Å². The SMILES string of the molecule is CCOC(=O)N1c2ccc(C(F)(F)F)nc2[C@H](N(Cc2cc(C(F)(F)F)cc(C(F)(F)F)c2)c2nnn(C)n2)C[C@@H]1CC. The molecule has 3 heterocycles. The zero-order chi connectivity index (χ0) is 31.9. The van der Waals surface area contributed by atoms with E-state index >= 15 is 0 Å². The van der Waals surface area contributed by atoms with Crippen LogP contribution in [0.25, 0.3) is 0 Å². The molecule has 1 amide bonds. The molecule has 4 rings (SSSR count). The Balaban J connectivity index is 1.93. The molecule has 0 saturated heterocycles. The minimum Gasteiger partial charge on any atom is -0.449 e. The number of nitrogens with zero attached hydrogens (tertiary/aromatic N) is 7. The van der Waals surface area contributed by atoms with E-state index in [1.807, 2.05) is 0 Å². The normalized spacial score (nSPS) is 17.5. The van der Waals surface area contributed by atoms with Crippen LogP contribution in [0.2, 0.25) is 0 Å². The fraction of sp³-hybridized carbons (Fsp3) is 0.480. The Kier molecular flexibility index (Phi) is 8.52. The van der Waals surface area contributed by atoms with Crippen LogP contribution in [0.1, 0.15) is 60.8 Å². The zero-order valence-electron chi connectivity index (χ0n) is 22.7. The van der Waals surface area contributed by atoms with E-state index in [1.165, 1.54) is 14.0 Å². The van der Waals surface area contributed by atoms with E-state index in [4.69, 9.17) is 4.74 Å². The van der Waals surface area contributed by atoms with Crippen molar-refractivity contribution >= 4 is 17.7 Å². The summed E-state index contributed by atoms with van der Waals surface area (Å²) in [6, 6.07) is 0.682. The van der Waals surface area contributed by atoms with Crippen LogP contribution in [0.3, 0.4) is 0 Å². The molecule has 0 aliphatic carbocycles. The van der Waals surface area contributed by atoms with Gasteiger partial charge in [0.25, 0.3) is 5.95 Å². The smallest absolute Gasteiger partial charge is 0.433 e. The highest BCUT2D eigenvalue weighted by Crippen LogP contribution is 2.44. The predicted octanol–water partition coefficient (Wildman–Crippen LogP) is 6.55. The number of aromatic nitrogens is 5. The van der Waals surface area contributed by atoms with Crippen LogP contribution in [-0.2, 0) is 36.9 Å². The van der Waals surface area contributed by atoms with Crippen molar-refractivity contribution in [1.29, 1.82) is 0 Å². The van der Waals surface area contributed by atoms with Crippen LogP contribution >= 0.6 is 0 Å². The lowest BCUT2D eigenvalue weighted by molar-refractivity contribution is -0.143. The molecule has 3 aromatic rings. The lowest BCUT2D eigenvalue weighted by Crippen LogP contribution is -2.48. The highest BCUT2D eigenvalue weighted by Gasteiger charge is 2.44. The van der Waals surface area contributed by atoms with Crippen LogP contribution in [-0.4, -0.2) is 43.9 Å². The molecule has 0 fully saturated rings. The molecule has 9 nitrogen and oxygen atoms in total. The average Bonchev–Trinajstić information content (AvgIpc) is 3.34. The Hall–Kier alpha value is -4.12. The van der Waals surface area contributed by atoms with Gasteiger partial charge in [-0.1, -0.05) is 12.0 Å². The van der Waals surface area contributed by atoms with Gasteiger partial charge in [-0.25, -0.2) is 9.78 Å². The lowest BCUT2D eigenvalue weighted by Gasteiger charge is -2.43. The summed E-state index contributed by atoms with van der Waals surface area (Å²) in [5.41, 5.74) is -5.38. The number of pyridine rings is 1. The van der Waals surface area contributed by atoms with Crippen molar-refractivity contribution < 1.29 is 49.0 Å². The minimum absolute atomic E-state index is 0.0359. The Morgan fingerprint density at radius 2 is 1.60 bits per heavy atom. The first kappa shape index (κ1) is 31.8. The third kappa shape index (κ3) is 6.77. The summed E-state index contributed by atoms with van der Waals surface area (Å²) in [5.74, 6) is -0.303. The van der Waals surface area contributed by atoms with E-state index in [9.17, 15) is 44.3 Å². The van der Waals surface area contributed by atoms with Gasteiger partial charge in [0.2, 0.25) is 0 Å². The van der Waals surface area contributed by atoms with Crippen molar-refractivity contribution in [3.63, 3.8) is 0 Å². The summed E-state index contributed by atoms with van der Waals surface area (Å²) >= 11 is 0. The largest absolute Gasteiger partial charge is 0.449 e. The molecule has 1 aliphatic rings. The van der Waals surface area contributed by atoms with Gasteiger partial charge in [0.15, 0.2) is 0 Å². The maximum Gasteiger partial charge on any atom is 0.433 e. The Labute approximate surface area is 238 Å². The van der Waals surface area contributed by atoms with Crippen LogP contribution < -0.4 is 9.80 Å². The molecule has 0 unspecified atom stereocenters. The lowest BCUT2D eigenvalue weighted by atomic mass is 9.91. The van der Waals surface area contributed by atoms with Crippen LogP contribution in [0.15, 0.2) is 30.3 Å². The number of amides is 1. The number of rotatable bonds is 6. The van der Waals surface area contributed by atoms with Crippen molar-refractivity contribution in [2.24, 2.45) is 7.05 Å². The number of fused-ring (bicyclic) bond motifs is 1. The van der Waals surface area contributed by atoms with Crippen molar-refractivity contribution in [2.45, 2.75) is 63.8 Å². The number of hydrogen-bond acceptors (Lipinski definition) is 7. The van der Waals surface area contributed by atoms with Crippen molar-refractivity contribution in [2.75, 3.05) is 16.4 Å². The van der Waals surface area contributed by atoms with Crippen molar-refractivity contribution in [3.05, 3.63) is 58.4 Å². The third-order valence-electron chi connectivity index (χ3n) is 6.70. The van der Waals surface area contributed by atoms with Gasteiger partial charge in [-0.3, -0.25) is 4.90 Å². The number of carbonyl (C=O) groups excluding carboxylic acids is 1. The van der Waals surface area contributed by atoms with Crippen LogP contribution in [0.4, 0.5) is 55.9 Å². The fourth-order valence-corrected chi connectivity index (χ4v) is 4.83. The zero-order valence-corrected chi connectivity index (χ0v) is 22.7. The monoisotopic (exact) mass is 625 g/mol. The maximum absolute atomic E-state index is 13.8. The van der Waals surface area contributed by atoms with Crippen LogP contribution in [0, 0.1) is 0 Å². The number of hydrogen-bond donors (Lipinski definition) is 0. The van der Waals surface area contributed by atoms with E-state index in [0.717, 1.165) is 20.7 Å². The van der Waals surface area contributed by atoms with E-state index in [1.54, 1.807) is 6.92 Å². The molecule has 2 aromatic heterocycles. The summed E-state index contributed by atoms with van der Waals surface area (Å²) in [7, 11) is 1.34. The Bertz CT molecular complexity index is 1440. The fourth-order valence-electron chi connectivity index (χ4n) is 4.83. The van der Waals surface area contributed by atoms with E-state index in [2.05, 4.69) is 20.4 Å². The van der Waals surface area contributed by atoms with Crippen molar-refractivity contribution in [1.82, 2.24) is 25.2 Å². The van der Waals surface area contributed by atoms with E-state index in [-0.39, 0.29) is 42.8 Å². The maximum atomic E-state index is 13.8. The molecule has 1 aliphatic heterocycles. The molecule has 43 heavy (non-hydrogen) atoms. The minimum atomic E-state index is -5.14. The summed E-state index contributed by atoms with van der Waals surface area (Å²) in [4.78, 5) is 19.9. The second-order valence-electron chi connectivity index (χ2n) is 9.60. The molecular weight excluding hydrogens is 601 g/mol. The molecule has 0 saturated carbocycles. The van der Waals surface area contributed by atoms with E-state index < -0.39 is 65.6 Å². The first-order chi connectivity index (χ1) is 19.9. The Morgan fingerprint density at radius 3 is 2.09 bits per heavy atom. The number of anilines is 2. The Morgan fingerprint density at radius 1 is 0.977 bits per heavy atom. The van der Waals surface area contributed by atoms with Gasteiger partial charge in [0, 0.05) is 12.6 Å². The summed E-state index contributed by atoms with van der Waals surface area (Å²) in [6.07, 6.45) is -16.0. The predicted molar refractivity (Wildman–Crippen MR) is 132 cm³/mol. The highest BCUT2D eigenvalue weighted by molar-refractivity contribution is 5.90. The summed E-state index contributed by atoms with van der Waals surface area (Å²) < 4.78 is 128. The van der Waals surface area contributed by atoms with Gasteiger partial charge in [0.05, 0.1) is 42.2 Å². The number of halogens is 9. The number of benzene rings is 1. The van der Waals surface area contributed by atoms with Gasteiger partial charge < -0.3 is 9.64 Å². The number of carbonyl (C=O) groups is 1. The van der Waals surface area contributed by atoms with Gasteiger partial charge in [-0.15, -0.1) is 5.10 Å². The number of ether oxygens (including phenoxy) is 1. The van der Waals surface area contributed by atoms with Gasteiger partial charge in [0.1, 0.15) is 5.69 Å². The van der Waals surface area contributed by atoms with Gasteiger partial charge in [-0.05, 0) is 60.9 Å². The number of alkyl halides is 9. The molecule has 0 bridgehead atoms. The molecule has 1 aromatic carbocycles. The summed E-state index contributed by atoms with van der Waals surface area (Å²) in [6.45, 7) is 2.45. The molecule has 2 atom stereocenters. The molecule has 18 heteroatoms.